The van der Waals surface area contributed by atoms with Gasteiger partial charge in [-0.3, -0.25) is 4.79 Å². The maximum Gasteiger partial charge on any atom is 0.159 e. The van der Waals surface area contributed by atoms with Crippen LogP contribution >= 0.6 is 15.9 Å². The molecular weight excluding hydrogens is 222 g/mol. The van der Waals surface area contributed by atoms with Crippen molar-refractivity contribution in [1.82, 2.24) is 0 Å². The summed E-state index contributed by atoms with van der Waals surface area (Å²) in [5, 5.41) is 9.23. The third-order valence-electron chi connectivity index (χ3n) is 1.50. The Morgan fingerprint density at radius 2 is 2.17 bits per heavy atom. The monoisotopic (exact) mass is 229 g/mol. The van der Waals surface area contributed by atoms with Crippen molar-refractivity contribution in [3.8, 4) is 5.75 Å². The molecule has 3 nitrogen and oxygen atoms in total. The Morgan fingerprint density at radius 1 is 1.58 bits per heavy atom. The van der Waals surface area contributed by atoms with E-state index in [4.69, 9.17) is 5.73 Å². The maximum absolute atomic E-state index is 10.9. The first kappa shape index (κ1) is 9.06. The Bertz CT molecular complexity index is 313. The van der Waals surface area contributed by atoms with Crippen molar-refractivity contribution < 1.29 is 9.90 Å². The van der Waals surface area contributed by atoms with Crippen LogP contribution in [0.25, 0.3) is 0 Å². The van der Waals surface area contributed by atoms with Crippen molar-refractivity contribution in [2.24, 2.45) is 0 Å². The van der Waals surface area contributed by atoms with E-state index in [0.717, 1.165) is 0 Å². The highest BCUT2D eigenvalue weighted by molar-refractivity contribution is 9.10. The number of phenolic OH excluding ortho intramolecular Hbond substituents is 1. The lowest BCUT2D eigenvalue weighted by molar-refractivity contribution is 0.101. The van der Waals surface area contributed by atoms with Crippen LogP contribution in [-0.4, -0.2) is 10.9 Å². The molecule has 0 heterocycles. The Hall–Kier alpha value is -1.03. The Kier molecular flexibility index (Phi) is 2.38. The van der Waals surface area contributed by atoms with Gasteiger partial charge in [0.05, 0.1) is 10.2 Å². The van der Waals surface area contributed by atoms with Crippen molar-refractivity contribution in [2.75, 3.05) is 5.73 Å². The number of aromatic hydroxyl groups is 1. The summed E-state index contributed by atoms with van der Waals surface area (Å²) in [5.74, 6) is -0.109. The molecule has 0 bridgehead atoms. The van der Waals surface area contributed by atoms with Gasteiger partial charge in [-0.05, 0) is 35.0 Å². The van der Waals surface area contributed by atoms with E-state index >= 15 is 0 Å². The molecule has 64 valence electrons. The maximum atomic E-state index is 10.9. The molecule has 1 rings (SSSR count). The molecule has 0 unspecified atom stereocenters. The lowest BCUT2D eigenvalue weighted by Gasteiger charge is -2.03. The second-order valence-corrected chi connectivity index (χ2v) is 3.31. The summed E-state index contributed by atoms with van der Waals surface area (Å²) in [6.45, 7) is 1.44. The number of hydrogen-bond donors (Lipinski definition) is 2. The van der Waals surface area contributed by atoms with E-state index in [-0.39, 0.29) is 17.2 Å². The number of carbonyl (C=O) groups excluding carboxylic acids is 1. The van der Waals surface area contributed by atoms with Crippen molar-refractivity contribution in [3.63, 3.8) is 0 Å². The van der Waals surface area contributed by atoms with Crippen LogP contribution < -0.4 is 5.73 Å². The van der Waals surface area contributed by atoms with Gasteiger partial charge in [-0.15, -0.1) is 0 Å². The van der Waals surface area contributed by atoms with Crippen LogP contribution in [0.15, 0.2) is 16.6 Å². The Labute approximate surface area is 78.3 Å². The first-order chi connectivity index (χ1) is 5.52. The molecule has 0 aromatic heterocycles. The molecular formula is C8H8BrNO2. The van der Waals surface area contributed by atoms with Crippen LogP contribution in [0.3, 0.4) is 0 Å². The van der Waals surface area contributed by atoms with Crippen molar-refractivity contribution in [1.29, 1.82) is 0 Å². The number of ketones is 1. The van der Waals surface area contributed by atoms with E-state index in [2.05, 4.69) is 15.9 Å². The van der Waals surface area contributed by atoms with Gasteiger partial charge in [0.25, 0.3) is 0 Å². The normalized spacial score (nSPS) is 9.83. The minimum atomic E-state index is -0.0811. The molecule has 0 aliphatic rings. The molecule has 0 aliphatic heterocycles. The van der Waals surface area contributed by atoms with Crippen molar-refractivity contribution in [3.05, 3.63) is 22.2 Å². The fraction of sp³-hybridized carbons (Fsp3) is 0.125. The number of rotatable bonds is 1. The molecule has 0 radical (unpaired) electrons. The number of phenols is 1. The summed E-state index contributed by atoms with van der Waals surface area (Å²) in [6.07, 6.45) is 0. The van der Waals surface area contributed by atoms with Gasteiger partial charge < -0.3 is 10.8 Å². The fourth-order valence-electron chi connectivity index (χ4n) is 0.824. The SMILES string of the molecule is CC(=O)c1cc(N)c(O)c(Br)c1. The Morgan fingerprint density at radius 3 is 2.58 bits per heavy atom. The minimum absolute atomic E-state index is 0.0278. The van der Waals surface area contributed by atoms with E-state index in [1.165, 1.54) is 19.1 Å². The third kappa shape index (κ3) is 1.58. The smallest absolute Gasteiger partial charge is 0.159 e. The molecule has 4 heteroatoms. The topological polar surface area (TPSA) is 63.3 Å². The molecule has 12 heavy (non-hydrogen) atoms. The zero-order valence-corrected chi connectivity index (χ0v) is 8.05. The number of benzene rings is 1. The predicted octanol–water partition coefficient (Wildman–Crippen LogP) is 1.94. The molecule has 1 aromatic rings. The number of carbonyl (C=O) groups is 1. The van der Waals surface area contributed by atoms with Crippen molar-refractivity contribution in [2.45, 2.75) is 6.92 Å². The second kappa shape index (κ2) is 3.15. The van der Waals surface area contributed by atoms with Gasteiger partial charge >= 0.3 is 0 Å². The quantitative estimate of drug-likeness (QED) is 0.440. The van der Waals surface area contributed by atoms with Crippen LogP contribution in [0.1, 0.15) is 17.3 Å². The molecule has 0 saturated carbocycles. The van der Waals surface area contributed by atoms with Gasteiger partial charge in [-0.2, -0.15) is 0 Å². The summed E-state index contributed by atoms with van der Waals surface area (Å²) >= 11 is 3.08. The molecule has 0 spiro atoms. The fourth-order valence-corrected chi connectivity index (χ4v) is 1.30. The van der Waals surface area contributed by atoms with Gasteiger partial charge in [0, 0.05) is 5.56 Å². The number of nitrogen functional groups attached to an aromatic ring is 1. The van der Waals surface area contributed by atoms with E-state index < -0.39 is 0 Å². The number of hydrogen-bond acceptors (Lipinski definition) is 3. The second-order valence-electron chi connectivity index (χ2n) is 2.45. The first-order valence-corrected chi connectivity index (χ1v) is 4.10. The highest BCUT2D eigenvalue weighted by atomic mass is 79.9. The highest BCUT2D eigenvalue weighted by Gasteiger charge is 2.07. The van der Waals surface area contributed by atoms with E-state index in [0.29, 0.717) is 10.0 Å². The van der Waals surface area contributed by atoms with Gasteiger partial charge in [0.15, 0.2) is 11.5 Å². The molecule has 3 N–H and O–H groups in total. The van der Waals surface area contributed by atoms with Crippen LogP contribution in [-0.2, 0) is 0 Å². The number of halogens is 1. The van der Waals surface area contributed by atoms with Gasteiger partial charge in [-0.1, -0.05) is 0 Å². The minimum Gasteiger partial charge on any atom is -0.505 e. The van der Waals surface area contributed by atoms with Crippen LogP contribution in [0.5, 0.6) is 5.75 Å². The molecule has 0 fully saturated rings. The first-order valence-electron chi connectivity index (χ1n) is 3.31. The van der Waals surface area contributed by atoms with E-state index in [1.54, 1.807) is 0 Å². The molecule has 0 aliphatic carbocycles. The zero-order valence-electron chi connectivity index (χ0n) is 6.47. The summed E-state index contributed by atoms with van der Waals surface area (Å²) in [6, 6.07) is 2.98. The van der Waals surface area contributed by atoms with Gasteiger partial charge in [0.2, 0.25) is 0 Å². The Balaban J connectivity index is 3.31. The molecule has 0 amide bonds. The number of nitrogens with two attached hydrogens (primary N) is 1. The molecule has 0 saturated heterocycles. The zero-order chi connectivity index (χ0) is 9.30. The third-order valence-corrected chi connectivity index (χ3v) is 2.10. The van der Waals surface area contributed by atoms with Gasteiger partial charge in [0.1, 0.15) is 0 Å². The predicted molar refractivity (Wildman–Crippen MR) is 50.2 cm³/mol. The van der Waals surface area contributed by atoms with Crippen LogP contribution in [0, 0.1) is 0 Å². The standard InChI is InChI=1S/C8H8BrNO2/c1-4(11)5-2-6(9)8(12)7(10)3-5/h2-3,12H,10H2,1H3. The summed E-state index contributed by atoms with van der Waals surface area (Å²) in [4.78, 5) is 10.9. The summed E-state index contributed by atoms with van der Waals surface area (Å²) < 4.78 is 0.438. The summed E-state index contributed by atoms with van der Waals surface area (Å²) in [7, 11) is 0. The largest absolute Gasteiger partial charge is 0.505 e. The summed E-state index contributed by atoms with van der Waals surface area (Å²) in [5.41, 5.74) is 6.11. The lowest BCUT2D eigenvalue weighted by Crippen LogP contribution is -1.95. The number of anilines is 1. The molecule has 0 atom stereocenters. The number of Topliss-reactive ketones (excluding diaryl/α,β-unsaturated/α-hetero) is 1. The van der Waals surface area contributed by atoms with Crippen molar-refractivity contribution >= 4 is 27.4 Å². The molecule has 1 aromatic carbocycles. The highest BCUT2D eigenvalue weighted by Crippen LogP contribution is 2.31. The lowest BCUT2D eigenvalue weighted by atomic mass is 10.1. The van der Waals surface area contributed by atoms with Gasteiger partial charge in [-0.25, -0.2) is 0 Å². The average Bonchev–Trinajstić information content (AvgIpc) is 1.99. The van der Waals surface area contributed by atoms with Crippen LogP contribution in [0.4, 0.5) is 5.69 Å². The average molecular weight is 230 g/mol. The van der Waals surface area contributed by atoms with E-state index in [9.17, 15) is 9.90 Å². The van der Waals surface area contributed by atoms with E-state index in [1.807, 2.05) is 0 Å². The van der Waals surface area contributed by atoms with Crippen LogP contribution in [0.2, 0.25) is 0 Å².